The lowest BCUT2D eigenvalue weighted by atomic mass is 10.1. The van der Waals surface area contributed by atoms with E-state index in [1.54, 1.807) is 30.6 Å². The van der Waals surface area contributed by atoms with Gasteiger partial charge in [0, 0.05) is 35.7 Å². The van der Waals surface area contributed by atoms with Gasteiger partial charge in [-0.15, -0.1) is 0 Å². The van der Waals surface area contributed by atoms with Crippen molar-refractivity contribution in [3.05, 3.63) is 88.9 Å². The maximum atomic E-state index is 14.3. The van der Waals surface area contributed by atoms with E-state index in [-0.39, 0.29) is 17.7 Å². The SMILES string of the molecule is O=c1c(-c2ccc(F)cc2F)c([O-])[n+](Cc2cncnc2)c2ccccn12. The number of fused-ring (bicyclic) bond motifs is 1. The average molecular weight is 366 g/mol. The van der Waals surface area contributed by atoms with Crippen molar-refractivity contribution in [2.75, 3.05) is 0 Å². The van der Waals surface area contributed by atoms with Crippen LogP contribution in [0.25, 0.3) is 16.8 Å². The Morgan fingerprint density at radius 2 is 1.89 bits per heavy atom. The molecule has 1 aromatic carbocycles. The smallest absolute Gasteiger partial charge is 0.349 e. The van der Waals surface area contributed by atoms with E-state index in [4.69, 9.17) is 0 Å². The lowest BCUT2D eigenvalue weighted by Gasteiger charge is -2.17. The third-order valence-corrected chi connectivity index (χ3v) is 4.16. The van der Waals surface area contributed by atoms with Crippen molar-refractivity contribution in [2.45, 2.75) is 6.54 Å². The van der Waals surface area contributed by atoms with Crippen molar-refractivity contribution >= 4 is 5.65 Å². The zero-order chi connectivity index (χ0) is 19.0. The van der Waals surface area contributed by atoms with Crippen LogP contribution in [0, 0.1) is 11.6 Å². The molecule has 3 heterocycles. The van der Waals surface area contributed by atoms with E-state index in [9.17, 15) is 18.7 Å². The van der Waals surface area contributed by atoms with Gasteiger partial charge in [0.1, 0.15) is 30.1 Å². The number of rotatable bonds is 3. The molecule has 4 aromatic rings. The predicted octanol–water partition coefficient (Wildman–Crippen LogP) is 1.44. The monoisotopic (exact) mass is 366 g/mol. The van der Waals surface area contributed by atoms with Gasteiger partial charge in [-0.25, -0.2) is 28.1 Å². The van der Waals surface area contributed by atoms with Crippen molar-refractivity contribution in [3.8, 4) is 17.0 Å². The Kier molecular flexibility index (Phi) is 4.08. The van der Waals surface area contributed by atoms with E-state index in [1.165, 1.54) is 21.5 Å². The quantitative estimate of drug-likeness (QED) is 0.515. The van der Waals surface area contributed by atoms with Gasteiger partial charge in [0.05, 0.1) is 12.1 Å². The standard InChI is InChI=1S/C19H12F2N4O2/c20-13-4-5-14(15(21)7-13)17-18(26)24-6-2-1-3-16(24)25(19(17)27)10-12-8-22-11-23-9-12/h1-9,11H,10H2. The fourth-order valence-electron chi connectivity index (χ4n) is 2.95. The predicted molar refractivity (Wildman–Crippen MR) is 89.8 cm³/mol. The van der Waals surface area contributed by atoms with E-state index >= 15 is 0 Å². The highest BCUT2D eigenvalue weighted by molar-refractivity contribution is 5.67. The molecule has 6 nitrogen and oxygen atoms in total. The molecule has 0 fully saturated rings. The summed E-state index contributed by atoms with van der Waals surface area (Å²) in [5.74, 6) is -2.45. The van der Waals surface area contributed by atoms with Gasteiger partial charge in [0.2, 0.25) is 0 Å². The first kappa shape index (κ1) is 16.8. The fraction of sp³-hybridized carbons (Fsp3) is 0.0526. The minimum absolute atomic E-state index is 0.0866. The van der Waals surface area contributed by atoms with Gasteiger partial charge in [-0.05, 0) is 18.2 Å². The molecule has 134 valence electrons. The molecule has 4 rings (SSSR count). The van der Waals surface area contributed by atoms with Gasteiger partial charge in [-0.1, -0.05) is 6.07 Å². The van der Waals surface area contributed by atoms with Crippen LogP contribution >= 0.6 is 0 Å². The van der Waals surface area contributed by atoms with Crippen LogP contribution in [0.3, 0.4) is 0 Å². The summed E-state index contributed by atoms with van der Waals surface area (Å²) >= 11 is 0. The van der Waals surface area contributed by atoms with Crippen molar-refractivity contribution in [3.63, 3.8) is 0 Å². The summed E-state index contributed by atoms with van der Waals surface area (Å²) in [4.78, 5) is 20.7. The molecule has 0 aliphatic heterocycles. The largest absolute Gasteiger partial charge is 0.842 e. The summed E-state index contributed by atoms with van der Waals surface area (Å²) in [7, 11) is 0. The number of pyridine rings is 1. The Balaban J connectivity index is 2.04. The Morgan fingerprint density at radius 3 is 2.63 bits per heavy atom. The number of hydrogen-bond donors (Lipinski definition) is 0. The zero-order valence-electron chi connectivity index (χ0n) is 13.8. The van der Waals surface area contributed by atoms with Crippen LogP contribution < -0.4 is 15.2 Å². The summed E-state index contributed by atoms with van der Waals surface area (Å²) in [6.07, 6.45) is 5.93. The number of benzene rings is 1. The third kappa shape index (κ3) is 2.91. The second kappa shape index (κ2) is 6.56. The van der Waals surface area contributed by atoms with Gasteiger partial charge in [0.15, 0.2) is 0 Å². The Bertz CT molecular complexity index is 1210. The van der Waals surface area contributed by atoms with Crippen LogP contribution in [0.1, 0.15) is 5.56 Å². The molecule has 0 spiro atoms. The van der Waals surface area contributed by atoms with Crippen LogP contribution in [-0.2, 0) is 6.54 Å². The first-order chi connectivity index (χ1) is 13.1. The van der Waals surface area contributed by atoms with Gasteiger partial charge in [-0.3, -0.25) is 0 Å². The second-order valence-electron chi connectivity index (χ2n) is 5.87. The highest BCUT2D eigenvalue weighted by Gasteiger charge is 2.22. The molecule has 0 aliphatic rings. The summed E-state index contributed by atoms with van der Waals surface area (Å²) in [6, 6.07) is 7.66. The summed E-state index contributed by atoms with van der Waals surface area (Å²) < 4.78 is 30.1. The van der Waals surface area contributed by atoms with Crippen molar-refractivity contribution in [1.82, 2.24) is 14.4 Å². The number of hydrogen-bond acceptors (Lipinski definition) is 4. The summed E-state index contributed by atoms with van der Waals surface area (Å²) in [5.41, 5.74) is -0.324. The van der Waals surface area contributed by atoms with Crippen LogP contribution in [0.4, 0.5) is 8.78 Å². The minimum Gasteiger partial charge on any atom is -0.842 e. The molecule has 0 atom stereocenters. The van der Waals surface area contributed by atoms with Gasteiger partial charge >= 0.3 is 5.56 Å². The maximum absolute atomic E-state index is 14.3. The average Bonchev–Trinajstić information content (AvgIpc) is 2.68. The van der Waals surface area contributed by atoms with E-state index in [0.717, 1.165) is 12.1 Å². The highest BCUT2D eigenvalue weighted by atomic mass is 19.1. The maximum Gasteiger partial charge on any atom is 0.349 e. The van der Waals surface area contributed by atoms with Gasteiger partial charge in [0.25, 0.3) is 5.65 Å². The van der Waals surface area contributed by atoms with Crippen LogP contribution in [0.2, 0.25) is 0 Å². The summed E-state index contributed by atoms with van der Waals surface area (Å²) in [5, 5.41) is 13.1. The van der Waals surface area contributed by atoms with Crippen LogP contribution in [-0.4, -0.2) is 14.4 Å². The molecule has 0 bridgehead atoms. The van der Waals surface area contributed by atoms with E-state index < -0.39 is 23.1 Å². The number of aromatic nitrogens is 4. The fourth-order valence-corrected chi connectivity index (χ4v) is 2.95. The minimum atomic E-state index is -0.977. The van der Waals surface area contributed by atoms with Crippen LogP contribution in [0.5, 0.6) is 5.88 Å². The first-order valence-electron chi connectivity index (χ1n) is 8.00. The molecular weight excluding hydrogens is 354 g/mol. The second-order valence-corrected chi connectivity index (χ2v) is 5.87. The zero-order valence-corrected chi connectivity index (χ0v) is 13.8. The van der Waals surface area contributed by atoms with Gasteiger partial charge < -0.3 is 5.11 Å². The van der Waals surface area contributed by atoms with Crippen molar-refractivity contribution < 1.29 is 18.5 Å². The number of halogens is 2. The molecule has 0 unspecified atom stereocenters. The topological polar surface area (TPSA) is 74.2 Å². The Labute approximate surface area is 151 Å². The molecule has 0 amide bonds. The highest BCUT2D eigenvalue weighted by Crippen LogP contribution is 2.25. The van der Waals surface area contributed by atoms with Crippen LogP contribution in [0.15, 0.2) is 66.1 Å². The lowest BCUT2D eigenvalue weighted by molar-refractivity contribution is -0.708. The Morgan fingerprint density at radius 1 is 1.11 bits per heavy atom. The Hall–Kier alpha value is -3.68. The molecule has 3 aromatic heterocycles. The van der Waals surface area contributed by atoms with Crippen molar-refractivity contribution in [2.24, 2.45) is 0 Å². The van der Waals surface area contributed by atoms with E-state index in [2.05, 4.69) is 9.97 Å². The number of nitrogens with zero attached hydrogens (tertiary/aromatic N) is 4. The molecule has 0 aliphatic carbocycles. The molecule has 0 radical (unpaired) electrons. The lowest BCUT2D eigenvalue weighted by Crippen LogP contribution is -2.44. The molecule has 8 heteroatoms. The molecule has 0 N–H and O–H groups in total. The first-order valence-corrected chi connectivity index (χ1v) is 8.00. The molecule has 0 saturated carbocycles. The molecule has 0 saturated heterocycles. The third-order valence-electron chi connectivity index (χ3n) is 4.16. The van der Waals surface area contributed by atoms with Crippen molar-refractivity contribution in [1.29, 1.82) is 0 Å². The van der Waals surface area contributed by atoms with E-state index in [0.29, 0.717) is 17.3 Å². The van der Waals surface area contributed by atoms with E-state index in [1.807, 2.05) is 0 Å². The molecular formula is C19H12F2N4O2. The summed E-state index contributed by atoms with van der Waals surface area (Å²) in [6.45, 7) is 0.0866. The normalized spacial score (nSPS) is 11.0. The molecule has 27 heavy (non-hydrogen) atoms. The van der Waals surface area contributed by atoms with Gasteiger partial charge in [-0.2, -0.15) is 4.40 Å².